The maximum atomic E-state index is 11.8. The number of rotatable bonds is 8. The monoisotopic (exact) mass is 393 g/mol. The van der Waals surface area contributed by atoms with E-state index in [4.69, 9.17) is 4.98 Å². The molecule has 3 heterocycles. The molecule has 7 nitrogen and oxygen atoms in total. The smallest absolute Gasteiger partial charge is 0.170 e. The number of aromatic nitrogens is 4. The number of nitrogens with zero attached hydrogens (tertiary/aromatic N) is 4. The average Bonchev–Trinajstić information content (AvgIpc) is 3.30. The van der Waals surface area contributed by atoms with Crippen LogP contribution in [0.5, 0.6) is 0 Å². The van der Waals surface area contributed by atoms with Gasteiger partial charge in [-0.3, -0.25) is 9.78 Å². The van der Waals surface area contributed by atoms with Crippen molar-refractivity contribution in [2.24, 2.45) is 5.92 Å². The summed E-state index contributed by atoms with van der Waals surface area (Å²) in [7, 11) is 0. The standard InChI is InChI=1S/C22H27N5O2/c1-14-4-6-17(23-11-14)16-10-15(16)5-7-18-21(24-13-22(2,3)29)19(12-28)27-20(26-18)8-9-25-27/h4,6,8-9,11-12,15-16,24,29H,5,7,10,13H2,1-3H3. The quantitative estimate of drug-likeness (QED) is 0.571. The summed E-state index contributed by atoms with van der Waals surface area (Å²) in [5.74, 6) is 1.09. The molecule has 0 bridgehead atoms. The predicted octanol–water partition coefficient (Wildman–Crippen LogP) is 3.16. The van der Waals surface area contributed by atoms with Gasteiger partial charge in [0.25, 0.3) is 0 Å². The molecule has 0 saturated heterocycles. The van der Waals surface area contributed by atoms with Gasteiger partial charge in [-0.25, -0.2) is 9.50 Å². The van der Waals surface area contributed by atoms with Crippen LogP contribution in [0.25, 0.3) is 5.65 Å². The summed E-state index contributed by atoms with van der Waals surface area (Å²) < 4.78 is 1.54. The van der Waals surface area contributed by atoms with Gasteiger partial charge in [-0.15, -0.1) is 0 Å². The summed E-state index contributed by atoms with van der Waals surface area (Å²) in [6.07, 6.45) is 7.23. The van der Waals surface area contributed by atoms with E-state index >= 15 is 0 Å². The molecular formula is C22H27N5O2. The highest BCUT2D eigenvalue weighted by Gasteiger charge is 2.39. The van der Waals surface area contributed by atoms with Gasteiger partial charge in [0.1, 0.15) is 5.69 Å². The molecule has 152 valence electrons. The molecule has 29 heavy (non-hydrogen) atoms. The topological polar surface area (TPSA) is 92.4 Å². The van der Waals surface area contributed by atoms with Crippen molar-refractivity contribution in [2.45, 2.75) is 51.6 Å². The number of aldehydes is 1. The average molecular weight is 393 g/mol. The number of pyridine rings is 1. The van der Waals surface area contributed by atoms with Crippen molar-refractivity contribution in [2.75, 3.05) is 11.9 Å². The van der Waals surface area contributed by atoms with Crippen LogP contribution in [0, 0.1) is 12.8 Å². The van der Waals surface area contributed by atoms with Crippen molar-refractivity contribution >= 4 is 17.6 Å². The fourth-order valence-corrected chi connectivity index (χ4v) is 3.75. The Bertz CT molecular complexity index is 1020. The first kappa shape index (κ1) is 19.5. The van der Waals surface area contributed by atoms with Crippen molar-refractivity contribution in [3.05, 3.63) is 53.2 Å². The Morgan fingerprint density at radius 3 is 2.86 bits per heavy atom. The highest BCUT2D eigenvalue weighted by Crippen LogP contribution is 2.49. The fraction of sp³-hybridized carbons (Fsp3) is 0.455. The molecule has 3 aromatic heterocycles. The first-order chi connectivity index (χ1) is 13.9. The molecule has 1 saturated carbocycles. The normalized spacial score (nSPS) is 18.8. The third-order valence-corrected chi connectivity index (χ3v) is 5.44. The Morgan fingerprint density at radius 1 is 1.34 bits per heavy atom. The molecule has 0 spiro atoms. The van der Waals surface area contributed by atoms with E-state index in [0.29, 0.717) is 35.4 Å². The van der Waals surface area contributed by atoms with Crippen molar-refractivity contribution in [3.63, 3.8) is 0 Å². The minimum Gasteiger partial charge on any atom is -0.389 e. The van der Waals surface area contributed by atoms with E-state index in [9.17, 15) is 9.90 Å². The minimum atomic E-state index is -0.908. The van der Waals surface area contributed by atoms with Crippen LogP contribution in [0.4, 0.5) is 5.69 Å². The Labute approximate surface area is 170 Å². The molecule has 2 unspecified atom stereocenters. The second-order valence-electron chi connectivity index (χ2n) is 8.61. The highest BCUT2D eigenvalue weighted by atomic mass is 16.3. The van der Waals surface area contributed by atoms with Crippen molar-refractivity contribution < 1.29 is 9.90 Å². The molecule has 0 radical (unpaired) electrons. The number of carbonyl (C=O) groups is 1. The lowest BCUT2D eigenvalue weighted by atomic mass is 10.1. The second-order valence-corrected chi connectivity index (χ2v) is 8.61. The van der Waals surface area contributed by atoms with Gasteiger partial charge in [0.05, 0.1) is 23.2 Å². The summed E-state index contributed by atoms with van der Waals surface area (Å²) in [6.45, 7) is 5.81. The number of aliphatic hydroxyl groups is 1. The van der Waals surface area contributed by atoms with Gasteiger partial charge in [0, 0.05) is 30.4 Å². The van der Waals surface area contributed by atoms with Crippen LogP contribution in [-0.4, -0.2) is 43.1 Å². The van der Waals surface area contributed by atoms with Gasteiger partial charge in [-0.2, -0.15) is 5.10 Å². The lowest BCUT2D eigenvalue weighted by Crippen LogP contribution is -2.30. The van der Waals surface area contributed by atoms with Crippen molar-refractivity contribution in [1.29, 1.82) is 0 Å². The van der Waals surface area contributed by atoms with Crippen LogP contribution >= 0.6 is 0 Å². The molecule has 2 N–H and O–H groups in total. The maximum absolute atomic E-state index is 11.8. The number of fused-ring (bicyclic) bond motifs is 1. The molecule has 0 aromatic carbocycles. The van der Waals surface area contributed by atoms with E-state index < -0.39 is 5.60 Å². The number of anilines is 1. The SMILES string of the molecule is Cc1ccc(C2CC2CCc2nc3ccnn3c(C=O)c2NCC(C)(C)O)nc1. The Kier molecular flexibility index (Phi) is 5.08. The highest BCUT2D eigenvalue weighted by molar-refractivity contribution is 5.84. The Balaban J connectivity index is 1.54. The molecule has 1 fully saturated rings. The van der Waals surface area contributed by atoms with Crippen LogP contribution < -0.4 is 5.32 Å². The molecule has 2 atom stereocenters. The van der Waals surface area contributed by atoms with Crippen LogP contribution in [-0.2, 0) is 6.42 Å². The lowest BCUT2D eigenvalue weighted by molar-refractivity contribution is 0.0943. The molecular weight excluding hydrogens is 366 g/mol. The van der Waals surface area contributed by atoms with Gasteiger partial charge in [-0.1, -0.05) is 6.07 Å². The zero-order chi connectivity index (χ0) is 20.6. The molecule has 0 amide bonds. The zero-order valence-electron chi connectivity index (χ0n) is 17.1. The zero-order valence-corrected chi connectivity index (χ0v) is 17.1. The summed E-state index contributed by atoms with van der Waals surface area (Å²) in [5.41, 5.74) is 4.02. The van der Waals surface area contributed by atoms with Crippen LogP contribution in [0.15, 0.2) is 30.6 Å². The van der Waals surface area contributed by atoms with E-state index in [1.807, 2.05) is 13.1 Å². The Morgan fingerprint density at radius 2 is 2.17 bits per heavy atom. The van der Waals surface area contributed by atoms with Gasteiger partial charge >= 0.3 is 0 Å². The van der Waals surface area contributed by atoms with Crippen LogP contribution in [0.1, 0.15) is 60.0 Å². The van der Waals surface area contributed by atoms with Gasteiger partial charge < -0.3 is 10.4 Å². The number of hydrogen-bond acceptors (Lipinski definition) is 6. The van der Waals surface area contributed by atoms with Crippen molar-refractivity contribution in [1.82, 2.24) is 19.6 Å². The van der Waals surface area contributed by atoms with Crippen LogP contribution in [0.2, 0.25) is 0 Å². The molecule has 1 aliphatic carbocycles. The lowest BCUT2D eigenvalue weighted by Gasteiger charge is -2.21. The largest absolute Gasteiger partial charge is 0.389 e. The van der Waals surface area contributed by atoms with E-state index in [1.165, 1.54) is 5.56 Å². The maximum Gasteiger partial charge on any atom is 0.170 e. The molecule has 1 aliphatic rings. The Hall–Kier alpha value is -2.80. The third kappa shape index (κ3) is 4.29. The van der Waals surface area contributed by atoms with E-state index in [2.05, 4.69) is 27.5 Å². The van der Waals surface area contributed by atoms with E-state index in [1.54, 1.807) is 30.6 Å². The van der Waals surface area contributed by atoms with E-state index in [-0.39, 0.29) is 0 Å². The van der Waals surface area contributed by atoms with Gasteiger partial charge in [0.15, 0.2) is 11.9 Å². The first-order valence-electron chi connectivity index (χ1n) is 10.1. The predicted molar refractivity (Wildman–Crippen MR) is 111 cm³/mol. The first-order valence-corrected chi connectivity index (χ1v) is 10.1. The number of carbonyl (C=O) groups excluding carboxylic acids is 1. The summed E-state index contributed by atoms with van der Waals surface area (Å²) >= 11 is 0. The third-order valence-electron chi connectivity index (χ3n) is 5.44. The van der Waals surface area contributed by atoms with Gasteiger partial charge in [-0.05, 0) is 57.6 Å². The summed E-state index contributed by atoms with van der Waals surface area (Å²) in [4.78, 5) is 21.1. The molecule has 3 aromatic rings. The summed E-state index contributed by atoms with van der Waals surface area (Å²) in [5, 5.41) is 17.6. The van der Waals surface area contributed by atoms with E-state index in [0.717, 1.165) is 36.9 Å². The number of nitrogens with one attached hydrogen (secondary N) is 1. The van der Waals surface area contributed by atoms with Crippen LogP contribution in [0.3, 0.4) is 0 Å². The molecule has 7 heteroatoms. The minimum absolute atomic E-state index is 0.314. The number of hydrogen-bond donors (Lipinski definition) is 2. The summed E-state index contributed by atoms with van der Waals surface area (Å²) in [6, 6.07) is 6.03. The molecule has 0 aliphatic heterocycles. The molecule has 4 rings (SSSR count). The van der Waals surface area contributed by atoms with Gasteiger partial charge in [0.2, 0.25) is 0 Å². The van der Waals surface area contributed by atoms with Crippen molar-refractivity contribution in [3.8, 4) is 0 Å². The second kappa shape index (κ2) is 7.55. The fourth-order valence-electron chi connectivity index (χ4n) is 3.75. The number of aryl methyl sites for hydroxylation is 2.